The van der Waals surface area contributed by atoms with Crippen LogP contribution < -0.4 is 5.73 Å². The molecule has 1 heterocycles. The minimum atomic E-state index is 0.226. The smallest absolute Gasteiger partial charge is 0.0855 e. The summed E-state index contributed by atoms with van der Waals surface area (Å²) in [5.74, 6) is 2.32. The molecule has 4 atom stereocenters. The maximum atomic E-state index is 6.51. The molecule has 1 aliphatic heterocycles. The van der Waals surface area contributed by atoms with E-state index in [2.05, 4.69) is 25.7 Å². The molecule has 2 aliphatic rings. The molecule has 1 aliphatic carbocycles. The van der Waals surface area contributed by atoms with Crippen LogP contribution in [0.15, 0.2) is 0 Å². The molecule has 18 heavy (non-hydrogen) atoms. The van der Waals surface area contributed by atoms with E-state index in [1.165, 1.54) is 19.3 Å². The Balaban J connectivity index is 1.91. The number of ether oxygens (including phenoxy) is 1. The van der Waals surface area contributed by atoms with E-state index in [1.807, 2.05) is 0 Å². The van der Waals surface area contributed by atoms with Gasteiger partial charge in [0.25, 0.3) is 0 Å². The fourth-order valence-corrected chi connectivity index (χ4v) is 3.88. The minimum absolute atomic E-state index is 0.226. The Morgan fingerprint density at radius 2 is 1.89 bits per heavy atom. The average Bonchev–Trinajstić information content (AvgIpc) is 2.37. The van der Waals surface area contributed by atoms with Crippen LogP contribution in [0.4, 0.5) is 0 Å². The Hall–Kier alpha value is -0.120. The first-order valence-electron chi connectivity index (χ1n) is 7.69. The van der Waals surface area contributed by atoms with E-state index in [0.29, 0.717) is 5.92 Å². The Labute approximate surface area is 112 Å². The zero-order valence-electron chi connectivity index (χ0n) is 12.3. The number of rotatable bonds is 3. The van der Waals surface area contributed by atoms with E-state index in [-0.39, 0.29) is 12.1 Å². The third kappa shape index (κ3) is 3.46. The van der Waals surface area contributed by atoms with Gasteiger partial charge in [-0.25, -0.2) is 0 Å². The van der Waals surface area contributed by atoms with Gasteiger partial charge in [-0.3, -0.25) is 4.90 Å². The number of nitrogens with two attached hydrogens (primary N) is 1. The fraction of sp³-hybridized carbons (Fsp3) is 1.00. The van der Waals surface area contributed by atoms with Crippen LogP contribution in [0.2, 0.25) is 0 Å². The molecule has 1 saturated heterocycles. The summed E-state index contributed by atoms with van der Waals surface area (Å²) in [6.45, 7) is 11.0. The third-order valence-corrected chi connectivity index (χ3v) is 4.81. The summed E-state index contributed by atoms with van der Waals surface area (Å²) >= 11 is 0. The Morgan fingerprint density at radius 1 is 1.22 bits per heavy atom. The molecule has 0 amide bonds. The van der Waals surface area contributed by atoms with Gasteiger partial charge >= 0.3 is 0 Å². The van der Waals surface area contributed by atoms with Crippen LogP contribution in [0.3, 0.4) is 0 Å². The second-order valence-electron chi connectivity index (χ2n) is 6.56. The lowest BCUT2D eigenvalue weighted by atomic mass is 9.73. The largest absolute Gasteiger partial charge is 0.374 e. The molecule has 106 valence electrons. The molecule has 0 aromatic heterocycles. The number of nitrogens with zero attached hydrogens (tertiary/aromatic N) is 1. The average molecular weight is 254 g/mol. The van der Waals surface area contributed by atoms with Crippen molar-refractivity contribution >= 4 is 0 Å². The first kappa shape index (κ1) is 14.3. The molecule has 2 rings (SSSR count). The van der Waals surface area contributed by atoms with Gasteiger partial charge in [-0.2, -0.15) is 0 Å². The highest BCUT2D eigenvalue weighted by atomic mass is 16.5. The zero-order valence-corrected chi connectivity index (χ0v) is 12.3. The molecule has 1 saturated carbocycles. The van der Waals surface area contributed by atoms with Gasteiger partial charge in [0, 0.05) is 19.1 Å². The lowest BCUT2D eigenvalue weighted by molar-refractivity contribution is -0.0535. The highest BCUT2D eigenvalue weighted by Gasteiger charge is 2.34. The van der Waals surface area contributed by atoms with Gasteiger partial charge in [0.05, 0.1) is 12.7 Å². The van der Waals surface area contributed by atoms with Crippen molar-refractivity contribution in [1.29, 1.82) is 0 Å². The molecule has 2 fully saturated rings. The zero-order chi connectivity index (χ0) is 13.1. The first-order chi connectivity index (χ1) is 8.60. The third-order valence-electron chi connectivity index (χ3n) is 4.81. The highest BCUT2D eigenvalue weighted by molar-refractivity contribution is 4.89. The summed E-state index contributed by atoms with van der Waals surface area (Å²) in [7, 11) is 0. The predicted molar refractivity (Wildman–Crippen MR) is 75.5 cm³/mol. The van der Waals surface area contributed by atoms with E-state index in [9.17, 15) is 0 Å². The number of hydrogen-bond donors (Lipinski definition) is 1. The van der Waals surface area contributed by atoms with Gasteiger partial charge in [-0.1, -0.05) is 20.8 Å². The second-order valence-corrected chi connectivity index (χ2v) is 6.56. The fourth-order valence-electron chi connectivity index (χ4n) is 3.88. The van der Waals surface area contributed by atoms with Crippen molar-refractivity contribution in [3.63, 3.8) is 0 Å². The molecule has 4 unspecified atom stereocenters. The standard InChI is InChI=1S/C15H30N2O/c1-4-17-5-6-18-14(10-17)15(16)13-8-11(2)7-12(3)9-13/h11-15H,4-10,16H2,1-3H3. The molecule has 0 bridgehead atoms. The van der Waals surface area contributed by atoms with E-state index in [1.54, 1.807) is 0 Å². The first-order valence-corrected chi connectivity index (χ1v) is 7.69. The molecule has 0 spiro atoms. The summed E-state index contributed by atoms with van der Waals surface area (Å²) < 4.78 is 5.93. The van der Waals surface area contributed by atoms with E-state index in [4.69, 9.17) is 10.5 Å². The van der Waals surface area contributed by atoms with Gasteiger partial charge in [-0.05, 0) is 43.6 Å². The van der Waals surface area contributed by atoms with Crippen molar-refractivity contribution in [2.24, 2.45) is 23.5 Å². The SMILES string of the molecule is CCN1CCOC(C(N)C2CC(C)CC(C)C2)C1. The van der Waals surface area contributed by atoms with Crippen molar-refractivity contribution in [3.8, 4) is 0 Å². The van der Waals surface area contributed by atoms with Crippen molar-refractivity contribution in [2.75, 3.05) is 26.2 Å². The van der Waals surface area contributed by atoms with E-state index >= 15 is 0 Å². The van der Waals surface area contributed by atoms with E-state index < -0.39 is 0 Å². The van der Waals surface area contributed by atoms with Crippen molar-refractivity contribution in [3.05, 3.63) is 0 Å². The van der Waals surface area contributed by atoms with E-state index in [0.717, 1.165) is 38.1 Å². The lowest BCUT2D eigenvalue weighted by Gasteiger charge is -2.41. The molecule has 2 N–H and O–H groups in total. The van der Waals surface area contributed by atoms with Crippen molar-refractivity contribution < 1.29 is 4.74 Å². The van der Waals surface area contributed by atoms with Gasteiger partial charge in [0.1, 0.15) is 0 Å². The normalized spacial score (nSPS) is 40.7. The minimum Gasteiger partial charge on any atom is -0.374 e. The summed E-state index contributed by atoms with van der Waals surface area (Å²) in [6.07, 6.45) is 4.20. The molecular weight excluding hydrogens is 224 g/mol. The molecule has 3 nitrogen and oxygen atoms in total. The maximum Gasteiger partial charge on any atom is 0.0855 e. The Bertz CT molecular complexity index is 249. The Kier molecular flexibility index (Phi) is 5.05. The maximum absolute atomic E-state index is 6.51. The molecule has 0 aromatic rings. The summed E-state index contributed by atoms with van der Waals surface area (Å²) in [5.41, 5.74) is 6.51. The quantitative estimate of drug-likeness (QED) is 0.838. The predicted octanol–water partition coefficient (Wildman–Crippen LogP) is 2.11. The molecule has 3 heteroatoms. The van der Waals surface area contributed by atoms with Crippen LogP contribution in [-0.4, -0.2) is 43.3 Å². The highest BCUT2D eigenvalue weighted by Crippen LogP contribution is 2.35. The summed E-state index contributed by atoms with van der Waals surface area (Å²) in [6, 6.07) is 0.226. The number of morpholine rings is 1. The van der Waals surface area contributed by atoms with Crippen LogP contribution in [0.5, 0.6) is 0 Å². The van der Waals surface area contributed by atoms with Gasteiger partial charge in [-0.15, -0.1) is 0 Å². The van der Waals surface area contributed by atoms with Gasteiger partial charge < -0.3 is 10.5 Å². The van der Waals surface area contributed by atoms with Crippen LogP contribution >= 0.6 is 0 Å². The second kappa shape index (κ2) is 6.36. The molecular formula is C15H30N2O. The van der Waals surface area contributed by atoms with Gasteiger partial charge in [0.15, 0.2) is 0 Å². The molecule has 0 aromatic carbocycles. The monoisotopic (exact) mass is 254 g/mol. The molecule has 0 radical (unpaired) electrons. The number of likely N-dealkylation sites (N-methyl/N-ethyl adjacent to an activating group) is 1. The lowest BCUT2D eigenvalue weighted by Crippen LogP contribution is -2.54. The van der Waals surface area contributed by atoms with Crippen molar-refractivity contribution in [2.45, 2.75) is 52.2 Å². The summed E-state index contributed by atoms with van der Waals surface area (Å²) in [5, 5.41) is 0. The summed E-state index contributed by atoms with van der Waals surface area (Å²) in [4.78, 5) is 2.46. The van der Waals surface area contributed by atoms with Crippen LogP contribution in [-0.2, 0) is 4.74 Å². The van der Waals surface area contributed by atoms with Crippen LogP contribution in [0, 0.1) is 17.8 Å². The van der Waals surface area contributed by atoms with Crippen LogP contribution in [0.25, 0.3) is 0 Å². The number of hydrogen-bond acceptors (Lipinski definition) is 3. The van der Waals surface area contributed by atoms with Gasteiger partial charge in [0.2, 0.25) is 0 Å². The topological polar surface area (TPSA) is 38.5 Å². The Morgan fingerprint density at radius 3 is 2.50 bits per heavy atom. The van der Waals surface area contributed by atoms with Crippen molar-refractivity contribution in [1.82, 2.24) is 4.90 Å². The van der Waals surface area contributed by atoms with Crippen LogP contribution in [0.1, 0.15) is 40.0 Å².